The first-order valence-electron chi connectivity index (χ1n) is 8.84. The molecule has 0 radical (unpaired) electrons. The van der Waals surface area contributed by atoms with Crippen molar-refractivity contribution in [1.29, 1.82) is 0 Å². The van der Waals surface area contributed by atoms with Crippen LogP contribution in [-0.2, 0) is 0 Å². The van der Waals surface area contributed by atoms with Gasteiger partial charge in [-0.1, -0.05) is 0 Å². The van der Waals surface area contributed by atoms with Crippen molar-refractivity contribution in [3.8, 4) is 5.69 Å². The molecule has 0 bridgehead atoms. The standard InChI is InChI=1S/C19H24N4O/c24-18(16-1-3-17(4-2-16)23-14-11-21-15-23)22-12-7-19(8-13-22)5-9-20-10-6-19/h1-4,11,14-15,20H,5-10,12-13H2. The van der Waals surface area contributed by atoms with Gasteiger partial charge in [-0.2, -0.15) is 0 Å². The van der Waals surface area contributed by atoms with Crippen molar-refractivity contribution in [3.63, 3.8) is 0 Å². The lowest BCUT2D eigenvalue weighted by Gasteiger charge is -2.44. The van der Waals surface area contributed by atoms with Gasteiger partial charge in [-0.15, -0.1) is 0 Å². The van der Waals surface area contributed by atoms with Gasteiger partial charge in [0.1, 0.15) is 0 Å². The van der Waals surface area contributed by atoms with E-state index in [-0.39, 0.29) is 5.91 Å². The van der Waals surface area contributed by atoms with E-state index in [1.54, 1.807) is 12.5 Å². The van der Waals surface area contributed by atoms with Crippen molar-refractivity contribution in [2.45, 2.75) is 25.7 Å². The van der Waals surface area contributed by atoms with Crippen molar-refractivity contribution in [2.24, 2.45) is 5.41 Å². The van der Waals surface area contributed by atoms with E-state index in [0.29, 0.717) is 5.41 Å². The zero-order valence-electron chi connectivity index (χ0n) is 13.9. The van der Waals surface area contributed by atoms with E-state index in [1.165, 1.54) is 12.8 Å². The number of imidazole rings is 1. The van der Waals surface area contributed by atoms with Crippen molar-refractivity contribution in [3.05, 3.63) is 48.5 Å². The van der Waals surface area contributed by atoms with Crippen LogP contribution in [0.4, 0.5) is 0 Å². The molecule has 1 amide bonds. The SMILES string of the molecule is O=C(c1ccc(-n2ccnc2)cc1)N1CCC2(CCNCC2)CC1. The van der Waals surface area contributed by atoms with E-state index in [2.05, 4.69) is 10.3 Å². The van der Waals surface area contributed by atoms with Gasteiger partial charge in [0.15, 0.2) is 0 Å². The molecule has 1 aromatic heterocycles. The first kappa shape index (κ1) is 15.4. The van der Waals surface area contributed by atoms with Crippen LogP contribution in [0.3, 0.4) is 0 Å². The van der Waals surface area contributed by atoms with Crippen LogP contribution in [0, 0.1) is 5.41 Å². The van der Waals surface area contributed by atoms with Gasteiger partial charge in [0, 0.05) is 36.7 Å². The zero-order valence-corrected chi connectivity index (χ0v) is 13.9. The molecule has 2 aliphatic rings. The Morgan fingerprint density at radius 1 is 1.04 bits per heavy atom. The summed E-state index contributed by atoms with van der Waals surface area (Å²) >= 11 is 0. The summed E-state index contributed by atoms with van der Waals surface area (Å²) in [7, 11) is 0. The van der Waals surface area contributed by atoms with Gasteiger partial charge in [-0.3, -0.25) is 4.79 Å². The molecular weight excluding hydrogens is 300 g/mol. The second kappa shape index (κ2) is 6.40. The monoisotopic (exact) mass is 324 g/mol. The largest absolute Gasteiger partial charge is 0.339 e. The number of nitrogens with one attached hydrogen (secondary N) is 1. The van der Waals surface area contributed by atoms with Crippen LogP contribution in [0.25, 0.3) is 5.69 Å². The molecule has 0 saturated carbocycles. The maximum Gasteiger partial charge on any atom is 0.253 e. The lowest BCUT2D eigenvalue weighted by atomic mass is 9.71. The predicted molar refractivity (Wildman–Crippen MR) is 93.2 cm³/mol. The molecule has 0 atom stereocenters. The zero-order chi connectivity index (χ0) is 16.4. The van der Waals surface area contributed by atoms with E-state index in [9.17, 15) is 4.79 Å². The number of nitrogens with zero attached hydrogens (tertiary/aromatic N) is 3. The highest BCUT2D eigenvalue weighted by atomic mass is 16.2. The maximum absolute atomic E-state index is 12.8. The number of hydrogen-bond acceptors (Lipinski definition) is 3. The summed E-state index contributed by atoms with van der Waals surface area (Å²) in [4.78, 5) is 18.8. The van der Waals surface area contributed by atoms with Crippen LogP contribution < -0.4 is 5.32 Å². The number of piperidine rings is 2. The molecule has 2 aromatic rings. The van der Waals surface area contributed by atoms with Gasteiger partial charge in [0.25, 0.3) is 5.91 Å². The quantitative estimate of drug-likeness (QED) is 0.923. The van der Waals surface area contributed by atoms with Crippen LogP contribution in [-0.4, -0.2) is 46.5 Å². The van der Waals surface area contributed by atoms with E-state index in [1.807, 2.05) is 39.9 Å². The Labute approximate surface area is 142 Å². The topological polar surface area (TPSA) is 50.2 Å². The second-order valence-electron chi connectivity index (χ2n) is 7.06. The van der Waals surface area contributed by atoms with Gasteiger partial charge >= 0.3 is 0 Å². The highest BCUT2D eigenvalue weighted by Crippen LogP contribution is 2.39. The Kier molecular flexibility index (Phi) is 4.10. The Morgan fingerprint density at radius 2 is 1.75 bits per heavy atom. The molecule has 2 saturated heterocycles. The van der Waals surface area contributed by atoms with E-state index in [4.69, 9.17) is 0 Å². The molecule has 0 aliphatic carbocycles. The molecule has 1 spiro atoms. The summed E-state index contributed by atoms with van der Waals surface area (Å²) in [6, 6.07) is 7.81. The minimum Gasteiger partial charge on any atom is -0.339 e. The third-order valence-corrected chi connectivity index (χ3v) is 5.69. The normalized spacial score (nSPS) is 20.2. The molecule has 5 heteroatoms. The number of amides is 1. The predicted octanol–water partition coefficient (Wildman–Crippen LogP) is 2.48. The first-order valence-corrected chi connectivity index (χ1v) is 8.84. The third kappa shape index (κ3) is 2.96. The number of likely N-dealkylation sites (tertiary alicyclic amines) is 1. The minimum atomic E-state index is 0.163. The number of carbonyl (C=O) groups excluding carboxylic acids is 1. The average molecular weight is 324 g/mol. The fourth-order valence-corrected chi connectivity index (χ4v) is 4.01. The summed E-state index contributed by atoms with van der Waals surface area (Å²) in [5.41, 5.74) is 2.28. The fraction of sp³-hybridized carbons (Fsp3) is 0.474. The molecule has 4 rings (SSSR count). The fourth-order valence-electron chi connectivity index (χ4n) is 4.01. The summed E-state index contributed by atoms with van der Waals surface area (Å²) < 4.78 is 1.94. The highest BCUT2D eigenvalue weighted by molar-refractivity contribution is 5.94. The van der Waals surface area contributed by atoms with Crippen LogP contribution in [0.1, 0.15) is 36.0 Å². The Balaban J connectivity index is 1.41. The lowest BCUT2D eigenvalue weighted by molar-refractivity contribution is 0.0496. The summed E-state index contributed by atoms with van der Waals surface area (Å²) in [5.74, 6) is 0.163. The molecule has 0 unspecified atom stereocenters. The highest BCUT2D eigenvalue weighted by Gasteiger charge is 2.36. The molecule has 5 nitrogen and oxygen atoms in total. The number of carbonyl (C=O) groups is 1. The minimum absolute atomic E-state index is 0.163. The van der Waals surface area contributed by atoms with Crippen LogP contribution in [0.5, 0.6) is 0 Å². The molecule has 2 aliphatic heterocycles. The van der Waals surface area contributed by atoms with Crippen molar-refractivity contribution < 1.29 is 4.79 Å². The van der Waals surface area contributed by atoms with Crippen molar-refractivity contribution in [1.82, 2.24) is 19.8 Å². The smallest absolute Gasteiger partial charge is 0.253 e. The molecule has 1 aromatic carbocycles. The van der Waals surface area contributed by atoms with Crippen LogP contribution >= 0.6 is 0 Å². The van der Waals surface area contributed by atoms with Gasteiger partial charge in [0.05, 0.1) is 6.33 Å². The molecule has 24 heavy (non-hydrogen) atoms. The summed E-state index contributed by atoms with van der Waals surface area (Å²) in [6.07, 6.45) is 10.2. The van der Waals surface area contributed by atoms with E-state index in [0.717, 1.165) is 50.3 Å². The first-order chi connectivity index (χ1) is 11.8. The van der Waals surface area contributed by atoms with Gasteiger partial charge in [-0.05, 0) is 68.5 Å². The van der Waals surface area contributed by atoms with Gasteiger partial charge in [0.2, 0.25) is 0 Å². The third-order valence-electron chi connectivity index (χ3n) is 5.69. The Bertz CT molecular complexity index is 677. The molecular formula is C19H24N4O. The van der Waals surface area contributed by atoms with Gasteiger partial charge in [-0.25, -0.2) is 4.98 Å². The second-order valence-corrected chi connectivity index (χ2v) is 7.06. The van der Waals surface area contributed by atoms with Crippen molar-refractivity contribution >= 4 is 5.91 Å². The Hall–Kier alpha value is -2.14. The average Bonchev–Trinajstić information content (AvgIpc) is 3.17. The number of rotatable bonds is 2. The van der Waals surface area contributed by atoms with E-state index >= 15 is 0 Å². The number of benzene rings is 1. The number of aromatic nitrogens is 2. The Morgan fingerprint density at radius 3 is 2.38 bits per heavy atom. The lowest BCUT2D eigenvalue weighted by Crippen LogP contribution is -2.47. The van der Waals surface area contributed by atoms with E-state index < -0.39 is 0 Å². The molecule has 3 heterocycles. The summed E-state index contributed by atoms with van der Waals surface area (Å²) in [5, 5.41) is 3.45. The molecule has 1 N–H and O–H groups in total. The van der Waals surface area contributed by atoms with Gasteiger partial charge < -0.3 is 14.8 Å². The molecule has 2 fully saturated rings. The maximum atomic E-state index is 12.8. The van der Waals surface area contributed by atoms with Crippen LogP contribution in [0.15, 0.2) is 43.0 Å². The molecule has 126 valence electrons. The number of hydrogen-bond donors (Lipinski definition) is 1. The summed E-state index contributed by atoms with van der Waals surface area (Å²) in [6.45, 7) is 4.04. The van der Waals surface area contributed by atoms with Crippen LogP contribution in [0.2, 0.25) is 0 Å². The van der Waals surface area contributed by atoms with Crippen molar-refractivity contribution in [2.75, 3.05) is 26.2 Å².